The van der Waals surface area contributed by atoms with Crippen LogP contribution in [0.2, 0.25) is 0 Å². The van der Waals surface area contributed by atoms with Crippen LogP contribution in [-0.2, 0) is 12.6 Å². The molecule has 0 aliphatic carbocycles. The molecule has 0 unspecified atom stereocenters. The molecule has 5 aromatic rings. The van der Waals surface area contributed by atoms with E-state index in [2.05, 4.69) is 30.4 Å². The summed E-state index contributed by atoms with van der Waals surface area (Å²) in [4.78, 5) is 22.0. The Labute approximate surface area is 202 Å². The van der Waals surface area contributed by atoms with Gasteiger partial charge in [0.05, 0.1) is 28.8 Å². The normalized spacial score (nSPS) is 16.1. The molecule has 6 rings (SSSR count). The first-order valence-electron chi connectivity index (χ1n) is 10.8. The fourth-order valence-corrected chi connectivity index (χ4v) is 4.30. The molecule has 1 N–H and O–H groups in total. The second-order valence-corrected chi connectivity index (χ2v) is 8.11. The van der Waals surface area contributed by atoms with Crippen LogP contribution in [0.25, 0.3) is 17.1 Å². The fourth-order valence-electron chi connectivity index (χ4n) is 4.30. The van der Waals surface area contributed by atoms with E-state index >= 15 is 0 Å². The molecular weight excluding hydrogens is 505 g/mol. The van der Waals surface area contributed by atoms with Crippen molar-refractivity contribution in [1.82, 2.24) is 44.5 Å². The van der Waals surface area contributed by atoms with Crippen LogP contribution >= 0.6 is 0 Å². The zero-order valence-corrected chi connectivity index (χ0v) is 18.4. The van der Waals surface area contributed by atoms with Gasteiger partial charge in [0, 0.05) is 31.1 Å². The molecule has 0 saturated carbocycles. The third-order valence-corrected chi connectivity index (χ3v) is 5.93. The number of carbonyl (C=O) groups excluding carboxylic acids is 1. The zero-order chi connectivity index (χ0) is 25.9. The maximum absolute atomic E-state index is 13.6. The number of amides is 1. The lowest BCUT2D eigenvalue weighted by Gasteiger charge is -2.32. The van der Waals surface area contributed by atoms with E-state index in [1.165, 1.54) is 35.6 Å². The van der Waals surface area contributed by atoms with Crippen LogP contribution in [0.5, 0.6) is 0 Å². The number of aromatic amines is 1. The zero-order valence-electron chi connectivity index (χ0n) is 18.4. The van der Waals surface area contributed by atoms with Gasteiger partial charge in [0.2, 0.25) is 0 Å². The van der Waals surface area contributed by atoms with Gasteiger partial charge in [-0.3, -0.25) is 4.79 Å². The Bertz CT molecular complexity index is 1620. The molecule has 0 fully saturated rings. The van der Waals surface area contributed by atoms with Crippen LogP contribution in [0.15, 0.2) is 47.4 Å². The predicted octanol–water partition coefficient (Wildman–Crippen LogP) is 3.51. The molecule has 0 spiro atoms. The van der Waals surface area contributed by atoms with E-state index < -0.39 is 36.1 Å². The Morgan fingerprint density at radius 3 is 2.76 bits per heavy atom. The quantitative estimate of drug-likeness (QED) is 0.361. The lowest BCUT2D eigenvalue weighted by Crippen LogP contribution is -2.41. The lowest BCUT2D eigenvalue weighted by atomic mass is 9.99. The van der Waals surface area contributed by atoms with Crippen LogP contribution in [0.4, 0.5) is 22.0 Å². The molecule has 1 aliphatic heterocycles. The summed E-state index contributed by atoms with van der Waals surface area (Å²) in [7, 11) is 0. The number of fused-ring (bicyclic) bond motifs is 2. The number of rotatable bonds is 4. The van der Waals surface area contributed by atoms with E-state index in [0.29, 0.717) is 22.5 Å². The maximum atomic E-state index is 13.6. The number of nitrogens with zero attached hydrogens (tertiary/aromatic N) is 8. The maximum Gasteiger partial charge on any atom is 0.418 e. The molecule has 16 heteroatoms. The number of imidazole rings is 1. The van der Waals surface area contributed by atoms with Crippen LogP contribution in [0.3, 0.4) is 0 Å². The van der Waals surface area contributed by atoms with Crippen molar-refractivity contribution in [3.05, 3.63) is 71.5 Å². The number of halogens is 5. The van der Waals surface area contributed by atoms with Crippen molar-refractivity contribution in [3.8, 4) is 11.6 Å². The topological polar surface area (TPSA) is 123 Å². The average Bonchev–Trinajstić information content (AvgIpc) is 3.66. The molecule has 0 radical (unpaired) electrons. The Balaban J connectivity index is 1.39. The van der Waals surface area contributed by atoms with Crippen LogP contribution in [-0.4, -0.2) is 56.9 Å². The van der Waals surface area contributed by atoms with Crippen molar-refractivity contribution in [3.63, 3.8) is 0 Å². The first-order chi connectivity index (χ1) is 17.7. The molecule has 5 aromatic heterocycles. The van der Waals surface area contributed by atoms with Gasteiger partial charge in [-0.05, 0) is 24.3 Å². The molecule has 1 amide bonds. The first-order valence-corrected chi connectivity index (χ1v) is 10.8. The molecule has 11 nitrogen and oxygen atoms in total. The highest BCUT2D eigenvalue weighted by Gasteiger charge is 2.39. The van der Waals surface area contributed by atoms with Gasteiger partial charge in [-0.2, -0.15) is 32.1 Å². The summed E-state index contributed by atoms with van der Waals surface area (Å²) in [5.74, 6) is -1.44. The molecule has 0 saturated heterocycles. The summed E-state index contributed by atoms with van der Waals surface area (Å²) in [5, 5.41) is 15.4. The molecule has 0 aromatic carbocycles. The number of aromatic nitrogens is 8. The highest BCUT2D eigenvalue weighted by molar-refractivity contribution is 5.90. The minimum Gasteiger partial charge on any atom is -0.411 e. The highest BCUT2D eigenvalue weighted by atomic mass is 19.4. The molecule has 1 atom stereocenters. The van der Waals surface area contributed by atoms with Gasteiger partial charge in [0.1, 0.15) is 11.7 Å². The lowest BCUT2D eigenvalue weighted by molar-refractivity contribution is -0.136. The van der Waals surface area contributed by atoms with E-state index in [0.717, 1.165) is 16.8 Å². The van der Waals surface area contributed by atoms with Crippen molar-refractivity contribution in [2.24, 2.45) is 0 Å². The standard InChI is InChI=1S/C21H14F5N9O2/c22-20(23)35-7-4-12(31-35)17-29-30-18(37-17)19(36)33-6-3-11-15(28-9-27-11)16(33)13-8-14-10(21(24,25)26)2-1-5-34(14)32-13/h1-2,4-5,7-9,16,20H,3,6H2,(H,27,28)/t16-/m0/s1. The van der Waals surface area contributed by atoms with Crippen molar-refractivity contribution in [1.29, 1.82) is 0 Å². The highest BCUT2D eigenvalue weighted by Crippen LogP contribution is 2.37. The molecule has 6 heterocycles. The van der Waals surface area contributed by atoms with E-state index in [9.17, 15) is 26.7 Å². The number of hydrogen-bond donors (Lipinski definition) is 1. The third kappa shape index (κ3) is 3.80. The summed E-state index contributed by atoms with van der Waals surface area (Å²) < 4.78 is 73.3. The minimum absolute atomic E-state index is 0.0586. The monoisotopic (exact) mass is 519 g/mol. The van der Waals surface area contributed by atoms with Gasteiger partial charge in [-0.15, -0.1) is 10.2 Å². The Morgan fingerprint density at radius 1 is 1.16 bits per heavy atom. The van der Waals surface area contributed by atoms with E-state index in [1.54, 1.807) is 0 Å². The second kappa shape index (κ2) is 8.21. The van der Waals surface area contributed by atoms with Gasteiger partial charge < -0.3 is 14.3 Å². The average molecular weight is 519 g/mol. The smallest absolute Gasteiger partial charge is 0.411 e. The first kappa shape index (κ1) is 22.8. The molecule has 1 aliphatic rings. The fraction of sp³-hybridized carbons (Fsp3) is 0.238. The Morgan fingerprint density at radius 2 is 2.00 bits per heavy atom. The van der Waals surface area contributed by atoms with Crippen molar-refractivity contribution >= 4 is 11.4 Å². The molecule has 37 heavy (non-hydrogen) atoms. The van der Waals surface area contributed by atoms with Gasteiger partial charge in [-0.25, -0.2) is 14.2 Å². The Hall–Kier alpha value is -4.63. The van der Waals surface area contributed by atoms with Crippen molar-refractivity contribution in [2.45, 2.75) is 25.2 Å². The summed E-state index contributed by atoms with van der Waals surface area (Å²) in [5.41, 5.74) is 0.132. The summed E-state index contributed by atoms with van der Waals surface area (Å²) in [6.07, 6.45) is -0.427. The summed E-state index contributed by atoms with van der Waals surface area (Å²) in [6, 6.07) is 3.69. The van der Waals surface area contributed by atoms with Crippen LogP contribution in [0.1, 0.15) is 45.9 Å². The number of carbonyl (C=O) groups is 1. The van der Waals surface area contributed by atoms with E-state index in [4.69, 9.17) is 4.42 Å². The van der Waals surface area contributed by atoms with Gasteiger partial charge >= 0.3 is 24.5 Å². The predicted molar refractivity (Wildman–Crippen MR) is 112 cm³/mol. The Kier molecular flexibility index (Phi) is 5.06. The van der Waals surface area contributed by atoms with Crippen LogP contribution in [0, 0.1) is 0 Å². The number of alkyl halides is 5. The SMILES string of the molecule is O=C(c1nnc(-c2ccn(C(F)F)n2)o1)N1CCc2[nH]cnc2[C@@H]1c1cc2c(C(F)(F)F)cccn2n1. The van der Waals surface area contributed by atoms with Crippen molar-refractivity contribution < 1.29 is 31.2 Å². The molecule has 190 valence electrons. The van der Waals surface area contributed by atoms with E-state index in [-0.39, 0.29) is 29.3 Å². The van der Waals surface area contributed by atoms with Gasteiger partial charge in [-0.1, -0.05) is 0 Å². The summed E-state index contributed by atoms with van der Waals surface area (Å²) >= 11 is 0. The third-order valence-electron chi connectivity index (χ3n) is 5.93. The molecular formula is C21H14F5N9O2. The number of nitrogens with one attached hydrogen (secondary N) is 1. The number of pyridine rings is 1. The number of H-pyrrole nitrogens is 1. The van der Waals surface area contributed by atoms with E-state index in [1.807, 2.05) is 0 Å². The largest absolute Gasteiger partial charge is 0.418 e. The van der Waals surface area contributed by atoms with Crippen molar-refractivity contribution in [2.75, 3.05) is 6.54 Å². The molecule has 0 bridgehead atoms. The second-order valence-electron chi connectivity index (χ2n) is 8.11. The van der Waals surface area contributed by atoms with Gasteiger partial charge in [0.15, 0.2) is 0 Å². The minimum atomic E-state index is -4.61. The number of hydrogen-bond acceptors (Lipinski definition) is 7. The van der Waals surface area contributed by atoms with Crippen LogP contribution < -0.4 is 0 Å². The van der Waals surface area contributed by atoms with Gasteiger partial charge in [0.25, 0.3) is 5.89 Å². The summed E-state index contributed by atoms with van der Waals surface area (Å²) in [6.45, 7) is -2.74.